The molecule has 0 atom stereocenters. The zero-order valence-electron chi connectivity index (χ0n) is 7.94. The van der Waals surface area contributed by atoms with Gasteiger partial charge in [-0.1, -0.05) is 10.3 Å². The molecule has 14 heavy (non-hydrogen) atoms. The Labute approximate surface area is 80.3 Å². The van der Waals surface area contributed by atoms with Gasteiger partial charge in [-0.25, -0.2) is 0 Å². The van der Waals surface area contributed by atoms with Crippen LogP contribution >= 0.6 is 0 Å². The molecule has 2 rings (SSSR count). The van der Waals surface area contributed by atoms with Gasteiger partial charge in [0.15, 0.2) is 5.82 Å². The highest BCUT2D eigenvalue weighted by Gasteiger charge is 2.05. The molecule has 0 aromatic carbocycles. The molecule has 0 saturated heterocycles. The van der Waals surface area contributed by atoms with E-state index in [9.17, 15) is 0 Å². The summed E-state index contributed by atoms with van der Waals surface area (Å²) in [4.78, 5) is 4.00. The molecule has 1 N–H and O–H groups in total. The fourth-order valence-electron chi connectivity index (χ4n) is 1.02. The zero-order valence-corrected chi connectivity index (χ0v) is 7.94. The van der Waals surface area contributed by atoms with Crippen LogP contribution in [0.1, 0.15) is 17.1 Å². The third-order valence-corrected chi connectivity index (χ3v) is 1.81. The van der Waals surface area contributed by atoms with Gasteiger partial charge in [-0.15, -0.1) is 0 Å². The van der Waals surface area contributed by atoms with Crippen molar-refractivity contribution in [1.82, 2.24) is 15.3 Å². The molecule has 2 heterocycles. The van der Waals surface area contributed by atoms with Crippen LogP contribution < -0.4 is 5.32 Å². The highest BCUT2D eigenvalue weighted by atomic mass is 16.5. The molecule has 2 aromatic heterocycles. The van der Waals surface area contributed by atoms with E-state index in [1.165, 1.54) is 0 Å². The standard InChI is InChI=1S/C8H10N4O2/c1-5-7(4-13-11-5)3-9-8-10-6(2)12-14-8/h4H,3H2,1-2H3,(H,9,10,12). The highest BCUT2D eigenvalue weighted by molar-refractivity contribution is 5.23. The lowest BCUT2D eigenvalue weighted by molar-refractivity contribution is 0.414. The third-order valence-electron chi connectivity index (χ3n) is 1.81. The molecular formula is C8H10N4O2. The van der Waals surface area contributed by atoms with Crippen molar-refractivity contribution < 1.29 is 9.05 Å². The molecule has 0 aliphatic heterocycles. The van der Waals surface area contributed by atoms with Gasteiger partial charge in [-0.05, 0) is 13.8 Å². The van der Waals surface area contributed by atoms with E-state index in [4.69, 9.17) is 9.05 Å². The molecule has 6 nitrogen and oxygen atoms in total. The summed E-state index contributed by atoms with van der Waals surface area (Å²) < 4.78 is 9.66. The van der Waals surface area contributed by atoms with E-state index in [-0.39, 0.29) is 0 Å². The minimum Gasteiger partial charge on any atom is -0.364 e. The number of hydrogen-bond acceptors (Lipinski definition) is 6. The fraction of sp³-hybridized carbons (Fsp3) is 0.375. The van der Waals surface area contributed by atoms with E-state index >= 15 is 0 Å². The SMILES string of the molecule is Cc1noc(NCc2conc2C)n1. The van der Waals surface area contributed by atoms with Crippen molar-refractivity contribution >= 4 is 6.01 Å². The van der Waals surface area contributed by atoms with Crippen LogP contribution in [0.5, 0.6) is 0 Å². The summed E-state index contributed by atoms with van der Waals surface area (Å²) >= 11 is 0. The molecule has 0 spiro atoms. The van der Waals surface area contributed by atoms with Gasteiger partial charge < -0.3 is 14.4 Å². The number of nitrogens with zero attached hydrogens (tertiary/aromatic N) is 3. The Bertz CT molecular complexity index is 420. The molecule has 6 heteroatoms. The van der Waals surface area contributed by atoms with E-state index in [1.807, 2.05) is 6.92 Å². The summed E-state index contributed by atoms with van der Waals surface area (Å²) in [6.07, 6.45) is 1.59. The first-order valence-corrected chi connectivity index (χ1v) is 4.20. The summed E-state index contributed by atoms with van der Waals surface area (Å²) in [6, 6.07) is 0.406. The topological polar surface area (TPSA) is 77.0 Å². The van der Waals surface area contributed by atoms with Crippen molar-refractivity contribution in [3.05, 3.63) is 23.3 Å². The number of anilines is 1. The maximum atomic E-state index is 4.88. The summed E-state index contributed by atoms with van der Waals surface area (Å²) in [6.45, 7) is 4.20. The monoisotopic (exact) mass is 194 g/mol. The quantitative estimate of drug-likeness (QED) is 0.793. The van der Waals surface area contributed by atoms with E-state index in [1.54, 1.807) is 13.2 Å². The number of aryl methyl sites for hydroxylation is 2. The Hall–Kier alpha value is -1.85. The largest absolute Gasteiger partial charge is 0.364 e. The summed E-state index contributed by atoms with van der Waals surface area (Å²) in [5.41, 5.74) is 1.83. The Kier molecular flexibility index (Phi) is 2.18. The molecule has 0 amide bonds. The van der Waals surface area contributed by atoms with E-state index in [0.717, 1.165) is 11.3 Å². The van der Waals surface area contributed by atoms with Crippen LogP contribution in [0, 0.1) is 13.8 Å². The number of aromatic nitrogens is 3. The second-order valence-electron chi connectivity index (χ2n) is 2.93. The van der Waals surface area contributed by atoms with Gasteiger partial charge in [0.25, 0.3) is 0 Å². The third kappa shape index (κ3) is 1.73. The predicted molar refractivity (Wildman–Crippen MR) is 47.6 cm³/mol. The van der Waals surface area contributed by atoms with Crippen LogP contribution in [-0.2, 0) is 6.54 Å². The van der Waals surface area contributed by atoms with Gasteiger partial charge >= 0.3 is 6.01 Å². The molecule has 0 aliphatic carbocycles. The molecule has 0 radical (unpaired) electrons. The van der Waals surface area contributed by atoms with Crippen LogP contribution in [0.4, 0.5) is 6.01 Å². The van der Waals surface area contributed by atoms with Crippen molar-refractivity contribution in [3.8, 4) is 0 Å². The Morgan fingerprint density at radius 3 is 2.79 bits per heavy atom. The average molecular weight is 194 g/mol. The molecule has 0 bridgehead atoms. The van der Waals surface area contributed by atoms with Crippen molar-refractivity contribution in [2.24, 2.45) is 0 Å². The normalized spacial score (nSPS) is 10.4. The zero-order chi connectivity index (χ0) is 9.97. The van der Waals surface area contributed by atoms with Gasteiger partial charge in [0.05, 0.1) is 5.69 Å². The maximum absolute atomic E-state index is 4.88. The first-order valence-electron chi connectivity index (χ1n) is 4.20. The molecule has 0 fully saturated rings. The van der Waals surface area contributed by atoms with Gasteiger partial charge in [0.1, 0.15) is 6.26 Å². The second-order valence-corrected chi connectivity index (χ2v) is 2.93. The molecular weight excluding hydrogens is 184 g/mol. The molecule has 74 valence electrons. The van der Waals surface area contributed by atoms with Gasteiger partial charge in [0, 0.05) is 12.1 Å². The lowest BCUT2D eigenvalue weighted by Crippen LogP contribution is -1.99. The number of rotatable bonds is 3. The van der Waals surface area contributed by atoms with E-state index < -0.39 is 0 Å². The van der Waals surface area contributed by atoms with Gasteiger partial charge in [-0.2, -0.15) is 4.98 Å². The molecule has 0 aliphatic rings. The number of nitrogens with one attached hydrogen (secondary N) is 1. The molecule has 2 aromatic rings. The lowest BCUT2D eigenvalue weighted by atomic mass is 10.3. The fourth-order valence-corrected chi connectivity index (χ4v) is 1.02. The number of hydrogen-bond donors (Lipinski definition) is 1. The van der Waals surface area contributed by atoms with Crippen LogP contribution in [0.2, 0.25) is 0 Å². The maximum Gasteiger partial charge on any atom is 0.321 e. The second kappa shape index (κ2) is 3.49. The van der Waals surface area contributed by atoms with Crippen LogP contribution in [0.3, 0.4) is 0 Å². The Balaban J connectivity index is 1.98. The predicted octanol–water partition coefficient (Wildman–Crippen LogP) is 1.29. The van der Waals surface area contributed by atoms with Gasteiger partial charge in [-0.3, -0.25) is 0 Å². The summed E-state index contributed by atoms with van der Waals surface area (Å²) in [5, 5.41) is 10.4. The van der Waals surface area contributed by atoms with E-state index in [0.29, 0.717) is 18.4 Å². The first kappa shape index (κ1) is 8.74. The average Bonchev–Trinajstić information content (AvgIpc) is 2.72. The minimum atomic E-state index is 0.406. The summed E-state index contributed by atoms with van der Waals surface area (Å²) in [7, 11) is 0. The van der Waals surface area contributed by atoms with Crippen molar-refractivity contribution in [2.45, 2.75) is 20.4 Å². The van der Waals surface area contributed by atoms with Gasteiger partial charge in [0.2, 0.25) is 0 Å². The smallest absolute Gasteiger partial charge is 0.321 e. The Morgan fingerprint density at radius 1 is 1.36 bits per heavy atom. The minimum absolute atomic E-state index is 0.406. The first-order chi connectivity index (χ1) is 6.75. The molecule has 0 unspecified atom stereocenters. The highest BCUT2D eigenvalue weighted by Crippen LogP contribution is 2.08. The van der Waals surface area contributed by atoms with Crippen molar-refractivity contribution in [2.75, 3.05) is 5.32 Å². The van der Waals surface area contributed by atoms with Crippen molar-refractivity contribution in [3.63, 3.8) is 0 Å². The lowest BCUT2D eigenvalue weighted by Gasteiger charge is -1.96. The van der Waals surface area contributed by atoms with Crippen LogP contribution in [-0.4, -0.2) is 15.3 Å². The summed E-state index contributed by atoms with van der Waals surface area (Å²) in [5.74, 6) is 0.606. The van der Waals surface area contributed by atoms with Crippen molar-refractivity contribution in [1.29, 1.82) is 0 Å². The molecule has 0 saturated carbocycles. The van der Waals surface area contributed by atoms with E-state index in [2.05, 4.69) is 20.6 Å². The van der Waals surface area contributed by atoms with Crippen LogP contribution in [0.15, 0.2) is 15.3 Å². The Morgan fingerprint density at radius 2 is 2.21 bits per heavy atom. The van der Waals surface area contributed by atoms with Crippen LogP contribution in [0.25, 0.3) is 0 Å².